The summed E-state index contributed by atoms with van der Waals surface area (Å²) in [6.45, 7) is 6.58. The van der Waals surface area contributed by atoms with Crippen LogP contribution in [0.2, 0.25) is 0 Å². The number of benzene rings is 3. The minimum atomic E-state index is -0.469. The molecule has 0 saturated heterocycles. The molecule has 0 atom stereocenters. The predicted molar refractivity (Wildman–Crippen MR) is 143 cm³/mol. The Morgan fingerprint density at radius 3 is 2.30 bits per heavy atom. The molecule has 0 spiro atoms. The van der Waals surface area contributed by atoms with Gasteiger partial charge in [-0.25, -0.2) is 9.18 Å². The monoisotopic (exact) mass is 505 g/mol. The average molecular weight is 506 g/mol. The summed E-state index contributed by atoms with van der Waals surface area (Å²) in [5.41, 5.74) is 5.89. The third kappa shape index (κ3) is 4.86. The minimum absolute atomic E-state index is 0.166. The van der Waals surface area contributed by atoms with Gasteiger partial charge in [-0.2, -0.15) is 0 Å². The first-order valence-corrected chi connectivity index (χ1v) is 11.9. The number of esters is 1. The molecule has 3 aromatic carbocycles. The molecule has 0 unspecified atom stereocenters. The van der Waals surface area contributed by atoms with Gasteiger partial charge in [0.1, 0.15) is 18.2 Å². The van der Waals surface area contributed by atoms with Crippen molar-refractivity contribution in [2.45, 2.75) is 32.9 Å². The number of likely N-dealkylation sites (N-methyl/N-ethyl adjacent to an activating group) is 1. The molecule has 0 N–H and O–H groups in total. The fourth-order valence-electron chi connectivity index (χ4n) is 4.84. The van der Waals surface area contributed by atoms with Crippen molar-refractivity contribution in [3.63, 3.8) is 0 Å². The summed E-state index contributed by atoms with van der Waals surface area (Å²) < 4.78 is 36.2. The number of carbonyl (C=O) groups excluding carboxylic acids is 1. The Kier molecular flexibility index (Phi) is 7.16. The van der Waals surface area contributed by atoms with Crippen molar-refractivity contribution < 1.29 is 28.1 Å². The van der Waals surface area contributed by atoms with E-state index in [1.54, 1.807) is 31.4 Å². The van der Waals surface area contributed by atoms with E-state index >= 15 is 0 Å². The van der Waals surface area contributed by atoms with Crippen LogP contribution in [0.25, 0.3) is 16.7 Å². The maximum Gasteiger partial charge on any atom is 0.337 e. The number of ether oxygens (including phenoxy) is 4. The second-order valence-corrected chi connectivity index (χ2v) is 9.52. The molecule has 7 heteroatoms. The molecule has 3 aromatic rings. The van der Waals surface area contributed by atoms with Crippen molar-refractivity contribution in [3.05, 3.63) is 77.1 Å². The first kappa shape index (κ1) is 26.1. The van der Waals surface area contributed by atoms with Crippen molar-refractivity contribution >= 4 is 17.2 Å². The van der Waals surface area contributed by atoms with Crippen molar-refractivity contribution in [1.82, 2.24) is 0 Å². The van der Waals surface area contributed by atoms with E-state index in [0.717, 1.165) is 33.5 Å². The van der Waals surface area contributed by atoms with E-state index in [-0.39, 0.29) is 18.0 Å². The highest BCUT2D eigenvalue weighted by atomic mass is 19.1. The molecule has 0 aromatic heterocycles. The van der Waals surface area contributed by atoms with Crippen LogP contribution in [0.3, 0.4) is 0 Å². The highest BCUT2D eigenvalue weighted by Crippen LogP contribution is 2.45. The Bertz CT molecular complexity index is 1380. The lowest BCUT2D eigenvalue weighted by atomic mass is 9.84. The standard InChI is InChI=1S/C30H32FNO5/c1-18-16-30(2,3)32(4)24-12-11-21(22-10-9-20(31)15-26(22)35-6)23(28(18)24)17-37-27-14-19(29(33)36-7)8-13-25(27)34-5/h8-16H,17H2,1-7H3. The van der Waals surface area contributed by atoms with E-state index in [9.17, 15) is 9.18 Å². The fraction of sp³-hybridized carbons (Fsp3) is 0.300. The van der Waals surface area contributed by atoms with Crippen LogP contribution in [0.1, 0.15) is 42.3 Å². The molecule has 0 amide bonds. The number of allylic oxidation sites excluding steroid dienone is 1. The van der Waals surface area contributed by atoms with Gasteiger partial charge in [0, 0.05) is 35.5 Å². The summed E-state index contributed by atoms with van der Waals surface area (Å²) >= 11 is 0. The van der Waals surface area contributed by atoms with Gasteiger partial charge >= 0.3 is 5.97 Å². The van der Waals surface area contributed by atoms with E-state index in [4.69, 9.17) is 18.9 Å². The zero-order chi connectivity index (χ0) is 26.9. The van der Waals surface area contributed by atoms with Crippen molar-refractivity contribution in [2.24, 2.45) is 0 Å². The normalized spacial score (nSPS) is 13.9. The molecule has 194 valence electrons. The lowest BCUT2D eigenvalue weighted by Gasteiger charge is -2.41. The van der Waals surface area contributed by atoms with Crippen LogP contribution in [0.15, 0.2) is 54.6 Å². The molecule has 0 fully saturated rings. The van der Waals surface area contributed by atoms with E-state index in [0.29, 0.717) is 22.8 Å². The Morgan fingerprint density at radius 2 is 1.62 bits per heavy atom. The molecule has 0 bridgehead atoms. The van der Waals surface area contributed by atoms with Crippen LogP contribution >= 0.6 is 0 Å². The zero-order valence-electron chi connectivity index (χ0n) is 22.3. The van der Waals surface area contributed by atoms with Gasteiger partial charge in [0.2, 0.25) is 0 Å². The van der Waals surface area contributed by atoms with Crippen LogP contribution in [0.5, 0.6) is 17.2 Å². The lowest BCUT2D eigenvalue weighted by molar-refractivity contribution is 0.0600. The second kappa shape index (κ2) is 10.2. The molecule has 1 heterocycles. The third-order valence-corrected chi connectivity index (χ3v) is 6.89. The molecule has 37 heavy (non-hydrogen) atoms. The first-order valence-electron chi connectivity index (χ1n) is 11.9. The summed E-state index contributed by atoms with van der Waals surface area (Å²) in [7, 11) is 6.47. The quantitative estimate of drug-likeness (QED) is 0.341. The zero-order valence-corrected chi connectivity index (χ0v) is 22.3. The Hall–Kier alpha value is -4.00. The summed E-state index contributed by atoms with van der Waals surface area (Å²) in [4.78, 5) is 14.4. The van der Waals surface area contributed by atoms with E-state index in [1.807, 2.05) is 6.07 Å². The number of anilines is 1. The number of nitrogens with zero attached hydrogens (tertiary/aromatic N) is 1. The van der Waals surface area contributed by atoms with E-state index < -0.39 is 5.97 Å². The SMILES string of the molecule is COC(=O)c1ccc(OC)c(OCc2c(-c3ccc(F)cc3OC)ccc3c2C(C)=CC(C)(C)N3C)c1. The molecule has 6 nitrogen and oxygen atoms in total. The highest BCUT2D eigenvalue weighted by Gasteiger charge is 2.31. The molecular formula is C30H32FNO5. The van der Waals surface area contributed by atoms with Crippen LogP contribution in [0.4, 0.5) is 10.1 Å². The average Bonchev–Trinajstić information content (AvgIpc) is 2.89. The summed E-state index contributed by atoms with van der Waals surface area (Å²) in [5.74, 6) is 0.481. The van der Waals surface area contributed by atoms with Gasteiger partial charge in [0.25, 0.3) is 0 Å². The first-order chi connectivity index (χ1) is 17.6. The Balaban J connectivity index is 1.89. The van der Waals surface area contributed by atoms with Crippen LogP contribution < -0.4 is 19.1 Å². The van der Waals surface area contributed by atoms with Crippen molar-refractivity contribution in [1.29, 1.82) is 0 Å². The predicted octanol–water partition coefficient (Wildman–Crippen LogP) is 6.51. The largest absolute Gasteiger partial charge is 0.496 e. The summed E-state index contributed by atoms with van der Waals surface area (Å²) in [6.07, 6.45) is 2.23. The number of hydrogen-bond acceptors (Lipinski definition) is 6. The van der Waals surface area contributed by atoms with E-state index in [2.05, 4.69) is 44.9 Å². The van der Waals surface area contributed by atoms with Gasteiger partial charge in [0.15, 0.2) is 11.5 Å². The Morgan fingerprint density at radius 1 is 0.919 bits per heavy atom. The maximum atomic E-state index is 14.0. The molecular weight excluding hydrogens is 473 g/mol. The number of hydrogen-bond donors (Lipinski definition) is 0. The molecule has 1 aliphatic heterocycles. The van der Waals surface area contributed by atoms with Crippen LogP contribution in [-0.2, 0) is 11.3 Å². The third-order valence-electron chi connectivity index (χ3n) is 6.89. The lowest BCUT2D eigenvalue weighted by Crippen LogP contribution is -2.42. The van der Waals surface area contributed by atoms with Crippen LogP contribution in [0, 0.1) is 5.82 Å². The van der Waals surface area contributed by atoms with E-state index in [1.165, 1.54) is 26.4 Å². The molecule has 4 rings (SSSR count). The smallest absolute Gasteiger partial charge is 0.337 e. The number of fused-ring (bicyclic) bond motifs is 1. The van der Waals surface area contributed by atoms with Gasteiger partial charge in [-0.05, 0) is 68.3 Å². The number of rotatable bonds is 7. The van der Waals surface area contributed by atoms with Gasteiger partial charge in [-0.3, -0.25) is 0 Å². The number of carbonyl (C=O) groups is 1. The second-order valence-electron chi connectivity index (χ2n) is 9.52. The van der Waals surface area contributed by atoms with Crippen LogP contribution in [-0.4, -0.2) is 39.9 Å². The fourth-order valence-corrected chi connectivity index (χ4v) is 4.84. The summed E-state index contributed by atoms with van der Waals surface area (Å²) in [5, 5.41) is 0. The van der Waals surface area contributed by atoms with Gasteiger partial charge < -0.3 is 23.8 Å². The molecule has 0 saturated carbocycles. The Labute approximate surface area is 217 Å². The highest BCUT2D eigenvalue weighted by molar-refractivity contribution is 5.90. The topological polar surface area (TPSA) is 57.2 Å². The molecule has 0 aliphatic carbocycles. The minimum Gasteiger partial charge on any atom is -0.496 e. The van der Waals surface area contributed by atoms with Crippen molar-refractivity contribution in [3.8, 4) is 28.4 Å². The maximum absolute atomic E-state index is 14.0. The molecule has 0 radical (unpaired) electrons. The van der Waals surface area contributed by atoms with Crippen molar-refractivity contribution in [2.75, 3.05) is 33.3 Å². The van der Waals surface area contributed by atoms with Gasteiger partial charge in [-0.1, -0.05) is 12.1 Å². The number of methoxy groups -OCH3 is 3. The number of halogens is 1. The van der Waals surface area contributed by atoms with Gasteiger partial charge in [-0.15, -0.1) is 0 Å². The van der Waals surface area contributed by atoms with Gasteiger partial charge in [0.05, 0.1) is 32.4 Å². The summed E-state index contributed by atoms with van der Waals surface area (Å²) in [6, 6.07) is 13.5. The molecule has 1 aliphatic rings.